The van der Waals surface area contributed by atoms with E-state index in [1.165, 1.54) is 18.4 Å². The summed E-state index contributed by atoms with van der Waals surface area (Å²) in [6.45, 7) is 4.78. The van der Waals surface area contributed by atoms with Gasteiger partial charge in [0, 0.05) is 36.4 Å². The van der Waals surface area contributed by atoms with E-state index in [1.54, 1.807) is 6.20 Å². The first-order chi connectivity index (χ1) is 14.4. The van der Waals surface area contributed by atoms with E-state index in [4.69, 9.17) is 11.6 Å². The number of H-pyrrole nitrogens is 1. The van der Waals surface area contributed by atoms with Gasteiger partial charge in [0.05, 0.1) is 10.4 Å². The lowest BCUT2D eigenvalue weighted by molar-refractivity contribution is 0.0942. The van der Waals surface area contributed by atoms with Crippen molar-refractivity contribution in [2.45, 2.75) is 56.7 Å². The molecule has 0 radical (unpaired) electrons. The topological polar surface area (TPSA) is 57.8 Å². The van der Waals surface area contributed by atoms with Crippen LogP contribution < -0.4 is 5.32 Å². The largest absolute Gasteiger partial charge is 0.366 e. The van der Waals surface area contributed by atoms with Gasteiger partial charge in [-0.15, -0.1) is 11.6 Å². The van der Waals surface area contributed by atoms with E-state index in [0.29, 0.717) is 23.8 Å². The molecule has 2 N–H and O–H groups in total. The third-order valence-electron chi connectivity index (χ3n) is 6.40. The van der Waals surface area contributed by atoms with Crippen molar-refractivity contribution in [1.82, 2.24) is 15.3 Å². The predicted octanol–water partition coefficient (Wildman–Crippen LogP) is 5.76. The number of nitrogens with zero attached hydrogens (tertiary/aromatic N) is 1. The van der Waals surface area contributed by atoms with Crippen LogP contribution in [0.3, 0.4) is 0 Å². The van der Waals surface area contributed by atoms with Gasteiger partial charge in [0.25, 0.3) is 5.91 Å². The Bertz CT molecular complexity index is 964. The maximum absolute atomic E-state index is 12.9. The molecule has 1 atom stereocenters. The zero-order valence-electron chi connectivity index (χ0n) is 17.7. The van der Waals surface area contributed by atoms with E-state index in [2.05, 4.69) is 27.4 Å². The van der Waals surface area contributed by atoms with Gasteiger partial charge in [0.15, 0.2) is 0 Å². The van der Waals surface area contributed by atoms with Crippen LogP contribution in [-0.2, 0) is 0 Å². The van der Waals surface area contributed by atoms with Gasteiger partial charge in [-0.25, -0.2) is 0 Å². The zero-order chi connectivity index (χ0) is 21.1. The summed E-state index contributed by atoms with van der Waals surface area (Å²) in [6, 6.07) is 4.36. The zero-order valence-corrected chi connectivity index (χ0v) is 18.5. The van der Waals surface area contributed by atoms with Crippen LogP contribution in [0.4, 0.5) is 0 Å². The molecule has 4 nitrogen and oxygen atoms in total. The molecule has 1 amide bonds. The second-order valence-electron chi connectivity index (χ2n) is 8.95. The predicted molar refractivity (Wildman–Crippen MR) is 123 cm³/mol. The number of hydrogen-bond donors (Lipinski definition) is 2. The van der Waals surface area contributed by atoms with Crippen molar-refractivity contribution in [3.63, 3.8) is 0 Å². The Morgan fingerprint density at radius 2 is 2.10 bits per heavy atom. The number of allylic oxidation sites excluding steroid dienone is 4. The number of carbonyl (C=O) groups is 1. The van der Waals surface area contributed by atoms with E-state index < -0.39 is 4.87 Å². The van der Waals surface area contributed by atoms with Crippen molar-refractivity contribution >= 4 is 23.1 Å². The van der Waals surface area contributed by atoms with Crippen LogP contribution in [0.15, 0.2) is 49.0 Å². The summed E-state index contributed by atoms with van der Waals surface area (Å²) in [5.41, 5.74) is 5.23. The van der Waals surface area contributed by atoms with E-state index in [-0.39, 0.29) is 5.91 Å². The first-order valence-electron chi connectivity index (χ1n) is 10.9. The molecule has 30 heavy (non-hydrogen) atoms. The summed E-state index contributed by atoms with van der Waals surface area (Å²) in [4.78, 5) is 19.9. The first kappa shape index (κ1) is 20.9. The molecule has 0 bridgehead atoms. The van der Waals surface area contributed by atoms with Crippen molar-refractivity contribution in [3.05, 3.63) is 71.3 Å². The van der Waals surface area contributed by atoms with Crippen LogP contribution in [-0.4, -0.2) is 27.3 Å². The third kappa shape index (κ3) is 4.86. The molecule has 2 aliphatic carbocycles. The Kier molecular flexibility index (Phi) is 6.14. The summed E-state index contributed by atoms with van der Waals surface area (Å²) in [5.74, 6) is 1.15. The molecule has 1 unspecified atom stereocenters. The second kappa shape index (κ2) is 8.81. The third-order valence-corrected chi connectivity index (χ3v) is 6.66. The molecule has 0 aromatic carbocycles. The number of aryl methyl sites for hydroxylation is 1. The maximum atomic E-state index is 12.9. The fraction of sp³-hybridized carbons (Fsp3) is 0.440. The minimum atomic E-state index is -0.402. The molecule has 0 aliphatic heterocycles. The number of halogens is 1. The smallest absolute Gasteiger partial charge is 0.253 e. The van der Waals surface area contributed by atoms with Crippen LogP contribution in [0.5, 0.6) is 0 Å². The number of amides is 1. The molecule has 2 aromatic heterocycles. The molecule has 158 valence electrons. The lowest BCUT2D eigenvalue weighted by atomic mass is 9.79. The van der Waals surface area contributed by atoms with E-state index in [9.17, 15) is 4.79 Å². The van der Waals surface area contributed by atoms with Crippen molar-refractivity contribution in [3.8, 4) is 0 Å². The number of carbonyl (C=O) groups excluding carboxylic acids is 1. The number of aromatic nitrogens is 2. The molecule has 5 heteroatoms. The summed E-state index contributed by atoms with van der Waals surface area (Å²) in [5, 5.41) is 3.17. The highest BCUT2D eigenvalue weighted by molar-refractivity contribution is 6.25. The Hall–Kier alpha value is -2.33. The van der Waals surface area contributed by atoms with Crippen molar-refractivity contribution in [2.24, 2.45) is 5.92 Å². The Morgan fingerprint density at radius 1 is 1.30 bits per heavy atom. The number of pyridine rings is 1. The maximum Gasteiger partial charge on any atom is 0.253 e. The average molecular weight is 424 g/mol. The minimum absolute atomic E-state index is 0.00939. The number of alkyl halides is 1. The van der Waals surface area contributed by atoms with Gasteiger partial charge < -0.3 is 10.3 Å². The van der Waals surface area contributed by atoms with Gasteiger partial charge in [-0.1, -0.05) is 18.2 Å². The van der Waals surface area contributed by atoms with Gasteiger partial charge in [0.1, 0.15) is 0 Å². The van der Waals surface area contributed by atoms with Crippen LogP contribution in [0.1, 0.15) is 72.1 Å². The summed E-state index contributed by atoms with van der Waals surface area (Å²) < 4.78 is 0. The number of aromatic amines is 1. The highest BCUT2D eigenvalue weighted by Gasteiger charge is 2.26. The second-order valence-corrected chi connectivity index (χ2v) is 9.81. The minimum Gasteiger partial charge on any atom is -0.366 e. The van der Waals surface area contributed by atoms with Gasteiger partial charge in [0.2, 0.25) is 0 Å². The quantitative estimate of drug-likeness (QED) is 0.600. The Labute approximate surface area is 183 Å². The Morgan fingerprint density at radius 3 is 2.83 bits per heavy atom. The SMILES string of the molecule is Cc1cc(C2CCC(CNC(=O)c3c[nH]cc3C3=CC=CC(C)(Cl)C3)CC2)ccn1. The lowest BCUT2D eigenvalue weighted by Gasteiger charge is -2.29. The molecule has 1 fully saturated rings. The standard InChI is InChI=1S/C25H30ClN3O/c1-17-12-20(9-11-28-17)19-7-5-18(6-8-19)14-29-24(30)23-16-27-15-22(23)21-4-3-10-25(2,26)13-21/h3-4,9-12,15-16,18-19,27H,5-8,13-14H2,1-2H3,(H,29,30). The highest BCUT2D eigenvalue weighted by Crippen LogP contribution is 2.37. The van der Waals surface area contributed by atoms with Crippen LogP contribution in [0.25, 0.3) is 5.57 Å². The van der Waals surface area contributed by atoms with Gasteiger partial charge in [-0.3, -0.25) is 9.78 Å². The Balaban J connectivity index is 1.32. The van der Waals surface area contributed by atoms with Crippen molar-refractivity contribution in [1.29, 1.82) is 0 Å². The van der Waals surface area contributed by atoms with E-state index in [1.807, 2.05) is 44.5 Å². The van der Waals surface area contributed by atoms with Crippen LogP contribution in [0.2, 0.25) is 0 Å². The number of hydrogen-bond acceptors (Lipinski definition) is 2. The van der Waals surface area contributed by atoms with Gasteiger partial charge in [-0.05, 0) is 81.1 Å². The lowest BCUT2D eigenvalue weighted by Crippen LogP contribution is -2.31. The number of nitrogens with one attached hydrogen (secondary N) is 2. The van der Waals surface area contributed by atoms with Gasteiger partial charge >= 0.3 is 0 Å². The molecule has 1 saturated carbocycles. The average Bonchev–Trinajstić information content (AvgIpc) is 3.22. The monoisotopic (exact) mass is 423 g/mol. The fourth-order valence-corrected chi connectivity index (χ4v) is 4.93. The molecular formula is C25H30ClN3O. The van der Waals surface area contributed by atoms with Crippen LogP contribution in [0, 0.1) is 12.8 Å². The summed E-state index contributed by atoms with van der Waals surface area (Å²) >= 11 is 6.50. The molecule has 4 rings (SSSR count). The normalized spacial score (nSPS) is 26.3. The van der Waals surface area contributed by atoms with E-state index in [0.717, 1.165) is 36.2 Å². The van der Waals surface area contributed by atoms with Crippen molar-refractivity contribution in [2.75, 3.05) is 6.54 Å². The van der Waals surface area contributed by atoms with Crippen LogP contribution >= 0.6 is 11.6 Å². The summed E-state index contributed by atoms with van der Waals surface area (Å²) in [7, 11) is 0. The fourth-order valence-electron chi connectivity index (χ4n) is 4.71. The van der Waals surface area contributed by atoms with E-state index >= 15 is 0 Å². The molecule has 2 aromatic rings. The molecular weight excluding hydrogens is 394 g/mol. The molecule has 2 aliphatic rings. The molecule has 0 saturated heterocycles. The number of rotatable bonds is 5. The molecule has 0 spiro atoms. The van der Waals surface area contributed by atoms with Gasteiger partial charge in [-0.2, -0.15) is 0 Å². The molecule has 2 heterocycles. The van der Waals surface area contributed by atoms with Crippen molar-refractivity contribution < 1.29 is 4.79 Å². The first-order valence-corrected chi connectivity index (χ1v) is 11.2. The highest BCUT2D eigenvalue weighted by atomic mass is 35.5. The summed E-state index contributed by atoms with van der Waals surface area (Å²) in [6.07, 6.45) is 17.0.